The summed E-state index contributed by atoms with van der Waals surface area (Å²) in [6, 6.07) is 14.0. The van der Waals surface area contributed by atoms with Gasteiger partial charge in [0, 0.05) is 30.2 Å². The number of nitrogens with one attached hydrogen (secondary N) is 2. The molecule has 200 valence electrons. The minimum absolute atomic E-state index is 0.0788. The fraction of sp³-hybridized carbons (Fsp3) is 0.261. The molecule has 1 atom stereocenters. The number of phenolic OH excluding ortho intramolecular Hbond substituents is 1. The van der Waals surface area contributed by atoms with Crippen LogP contribution in [0.4, 0.5) is 17.5 Å². The summed E-state index contributed by atoms with van der Waals surface area (Å²) >= 11 is 6.12. The van der Waals surface area contributed by atoms with E-state index in [2.05, 4.69) is 25.6 Å². The molecule has 0 aliphatic heterocycles. The Morgan fingerprint density at radius 2 is 1.89 bits per heavy atom. The molecule has 4 rings (SSSR count). The van der Waals surface area contributed by atoms with E-state index in [9.17, 15) is 29.1 Å². The summed E-state index contributed by atoms with van der Waals surface area (Å²) in [6.07, 6.45) is 1.98. The molecule has 2 aromatic heterocycles. The fourth-order valence-corrected chi connectivity index (χ4v) is 4.97. The van der Waals surface area contributed by atoms with Crippen LogP contribution in [0.2, 0.25) is 5.02 Å². The maximum Gasteiger partial charge on any atom is 0.368 e. The molecule has 0 aliphatic rings. The second-order valence-corrected chi connectivity index (χ2v) is 12.0. The van der Waals surface area contributed by atoms with E-state index in [1.807, 2.05) is 22.8 Å². The van der Waals surface area contributed by atoms with Crippen molar-refractivity contribution in [2.45, 2.75) is 30.9 Å². The summed E-state index contributed by atoms with van der Waals surface area (Å²) in [5.74, 6) is 0.816. The zero-order valence-electron chi connectivity index (χ0n) is 19.9. The number of halogens is 1. The zero-order chi connectivity index (χ0) is 27.3. The second kappa shape index (κ2) is 11.7. The van der Waals surface area contributed by atoms with Crippen LogP contribution in [0.1, 0.15) is 18.4 Å². The van der Waals surface area contributed by atoms with Gasteiger partial charge in [0.05, 0.1) is 6.33 Å². The average molecular weight is 579 g/mol. The Labute approximate surface area is 224 Å². The number of hydrogen-bond acceptors (Lipinski definition) is 9. The van der Waals surface area contributed by atoms with Gasteiger partial charge in [0.25, 0.3) is 0 Å². The summed E-state index contributed by atoms with van der Waals surface area (Å²) in [5.41, 5.74) is 2.76. The van der Waals surface area contributed by atoms with Crippen molar-refractivity contribution in [3.8, 4) is 5.75 Å². The van der Waals surface area contributed by atoms with E-state index in [1.54, 1.807) is 36.7 Å². The molecule has 0 amide bonds. The first kappa shape index (κ1) is 27.9. The summed E-state index contributed by atoms with van der Waals surface area (Å²) < 4.78 is 24.5. The Hall–Kier alpha value is -3.11. The van der Waals surface area contributed by atoms with Gasteiger partial charge in [-0.3, -0.25) is 9.13 Å². The van der Waals surface area contributed by atoms with Gasteiger partial charge in [-0.2, -0.15) is 9.97 Å². The van der Waals surface area contributed by atoms with Crippen LogP contribution < -0.4 is 10.6 Å². The van der Waals surface area contributed by atoms with Crippen LogP contribution in [0.5, 0.6) is 5.75 Å². The number of aromatic nitrogens is 4. The number of phenols is 1. The van der Waals surface area contributed by atoms with E-state index in [1.165, 1.54) is 0 Å². The molecule has 12 nitrogen and oxygen atoms in total. The normalized spacial score (nSPS) is 13.5. The number of nitrogens with zero attached hydrogens (tertiary/aromatic N) is 4. The predicted molar refractivity (Wildman–Crippen MR) is 144 cm³/mol. The zero-order valence-corrected chi connectivity index (χ0v) is 22.4. The van der Waals surface area contributed by atoms with Crippen molar-refractivity contribution < 1.29 is 29.1 Å². The van der Waals surface area contributed by atoms with Crippen LogP contribution in [-0.2, 0) is 22.1 Å². The molecule has 0 bridgehead atoms. The average Bonchev–Trinajstić information content (AvgIpc) is 3.28. The third-order valence-electron chi connectivity index (χ3n) is 5.71. The molecule has 2 aromatic carbocycles. The van der Waals surface area contributed by atoms with Crippen molar-refractivity contribution in [1.82, 2.24) is 19.5 Å². The quantitative estimate of drug-likeness (QED) is 0.103. The lowest BCUT2D eigenvalue weighted by Crippen LogP contribution is -2.22. The molecule has 0 saturated heterocycles. The van der Waals surface area contributed by atoms with E-state index >= 15 is 0 Å². The van der Waals surface area contributed by atoms with E-state index in [4.69, 9.17) is 11.6 Å². The monoisotopic (exact) mass is 578 g/mol. The van der Waals surface area contributed by atoms with Gasteiger partial charge in [0.1, 0.15) is 5.75 Å². The number of aliphatic hydroxyl groups is 1. The molecule has 2 heterocycles. The number of rotatable bonds is 12. The molecule has 0 radical (unpaired) electrons. The maximum absolute atomic E-state index is 11.5. The van der Waals surface area contributed by atoms with Gasteiger partial charge in [0.15, 0.2) is 17.0 Å². The summed E-state index contributed by atoms with van der Waals surface area (Å²) in [5, 5.41) is 23.6. The molecule has 0 fully saturated rings. The summed E-state index contributed by atoms with van der Waals surface area (Å²) in [6.45, 7) is 0.688. The van der Waals surface area contributed by atoms with Crippen molar-refractivity contribution in [3.05, 3.63) is 65.4 Å². The molecule has 1 unspecified atom stereocenters. The van der Waals surface area contributed by atoms with Crippen molar-refractivity contribution in [2.24, 2.45) is 0 Å². The van der Waals surface area contributed by atoms with Gasteiger partial charge in [-0.25, -0.2) is 4.98 Å². The van der Waals surface area contributed by atoms with Gasteiger partial charge in [-0.1, -0.05) is 29.8 Å². The third-order valence-corrected chi connectivity index (χ3v) is 8.65. The van der Waals surface area contributed by atoms with E-state index in [0.29, 0.717) is 40.7 Å². The molecular formula is C23H25ClN6O6P2. The largest absolute Gasteiger partial charge is 0.508 e. The third kappa shape index (κ3) is 6.66. The molecule has 6 N–H and O–H groups in total. The summed E-state index contributed by atoms with van der Waals surface area (Å²) in [4.78, 5) is 32.2. The number of fused-ring (bicyclic) bond motifs is 1. The number of aromatic hydroxyl groups is 1. The number of anilines is 3. The fourth-order valence-electron chi connectivity index (χ4n) is 3.66. The molecule has 0 spiro atoms. The minimum Gasteiger partial charge on any atom is -0.508 e. The number of hydrogen-bond donors (Lipinski definition) is 6. The van der Waals surface area contributed by atoms with Gasteiger partial charge < -0.3 is 35.2 Å². The number of benzene rings is 2. The SMILES string of the molecule is O=PC(O)(CCCNc1nc(Nc2cccc(Cl)c2)c2ncn(CCc3ccc(O)cc3)c2n1)P(=O)(O)O. The van der Waals surface area contributed by atoms with Crippen LogP contribution >= 0.6 is 27.7 Å². The lowest BCUT2D eigenvalue weighted by molar-refractivity contribution is 0.157. The standard InChI is InChI=1S/C23H25ClN6O6P2/c24-16-3-1-4-17(13-16)27-20-19-21(30(14-26-19)12-9-15-5-7-18(31)8-6-15)29-22(28-20)25-11-2-10-23(32,37-33)38(34,35)36/h1,3-8,13-14,31-32H,2,9-12H2,(H2,34,35,36)(H2,25,27,28,29). The van der Waals surface area contributed by atoms with Crippen molar-refractivity contribution >= 4 is 56.3 Å². The number of aryl methyl sites for hydroxylation is 2. The Balaban J connectivity index is 1.57. The predicted octanol–water partition coefficient (Wildman–Crippen LogP) is 4.48. The molecule has 0 saturated carbocycles. The first-order valence-electron chi connectivity index (χ1n) is 11.5. The van der Waals surface area contributed by atoms with Crippen LogP contribution in [0.15, 0.2) is 54.9 Å². The first-order valence-corrected chi connectivity index (χ1v) is 14.3. The van der Waals surface area contributed by atoms with Gasteiger partial charge in [-0.05, 0) is 48.7 Å². The molecule has 0 aliphatic carbocycles. The van der Waals surface area contributed by atoms with Crippen LogP contribution in [0.25, 0.3) is 11.2 Å². The van der Waals surface area contributed by atoms with Crippen molar-refractivity contribution in [3.63, 3.8) is 0 Å². The number of imidazole rings is 1. The lowest BCUT2D eigenvalue weighted by atomic mass is 10.1. The molecular weight excluding hydrogens is 554 g/mol. The lowest BCUT2D eigenvalue weighted by Gasteiger charge is -2.21. The molecule has 4 aromatic rings. The highest BCUT2D eigenvalue weighted by atomic mass is 35.5. The minimum atomic E-state index is -4.99. The highest BCUT2D eigenvalue weighted by molar-refractivity contribution is 7.63. The van der Waals surface area contributed by atoms with Crippen LogP contribution in [0, 0.1) is 0 Å². The van der Waals surface area contributed by atoms with Crippen molar-refractivity contribution in [2.75, 3.05) is 17.2 Å². The van der Waals surface area contributed by atoms with Crippen LogP contribution in [0.3, 0.4) is 0 Å². The van der Waals surface area contributed by atoms with E-state index in [-0.39, 0.29) is 24.7 Å². The van der Waals surface area contributed by atoms with Crippen LogP contribution in [-0.4, -0.2) is 51.1 Å². The Kier molecular flexibility index (Phi) is 8.62. The Bertz CT molecular complexity index is 1480. The molecule has 38 heavy (non-hydrogen) atoms. The van der Waals surface area contributed by atoms with E-state index < -0.39 is 27.6 Å². The van der Waals surface area contributed by atoms with Gasteiger partial charge in [-0.15, -0.1) is 0 Å². The molecule has 15 heteroatoms. The maximum atomic E-state index is 11.5. The van der Waals surface area contributed by atoms with Gasteiger partial charge in [0.2, 0.25) is 19.5 Å². The highest BCUT2D eigenvalue weighted by Gasteiger charge is 2.46. The second-order valence-electron chi connectivity index (χ2n) is 8.50. The summed E-state index contributed by atoms with van der Waals surface area (Å²) in [7, 11) is -6.04. The van der Waals surface area contributed by atoms with Crippen molar-refractivity contribution in [1.29, 1.82) is 0 Å². The first-order chi connectivity index (χ1) is 18.1. The smallest absolute Gasteiger partial charge is 0.368 e. The topological polar surface area (TPSA) is 183 Å². The van der Waals surface area contributed by atoms with Gasteiger partial charge >= 0.3 is 7.60 Å². The van der Waals surface area contributed by atoms with E-state index in [0.717, 1.165) is 5.56 Å². The highest BCUT2D eigenvalue weighted by Crippen LogP contribution is 2.57. The Morgan fingerprint density at radius 1 is 1.13 bits per heavy atom. The Morgan fingerprint density at radius 3 is 2.58 bits per heavy atom.